The van der Waals surface area contributed by atoms with E-state index < -0.39 is 0 Å². The molecule has 26 heavy (non-hydrogen) atoms. The Kier molecular flexibility index (Phi) is 5.12. The van der Waals surface area contributed by atoms with Gasteiger partial charge in [-0.1, -0.05) is 30.9 Å². The molecule has 0 atom stereocenters. The number of nitrogens with zero attached hydrogens (tertiary/aromatic N) is 3. The van der Waals surface area contributed by atoms with E-state index in [2.05, 4.69) is 16.8 Å². The second kappa shape index (κ2) is 7.65. The molecule has 1 heterocycles. The third-order valence-electron chi connectivity index (χ3n) is 3.94. The van der Waals surface area contributed by atoms with Crippen LogP contribution in [-0.4, -0.2) is 38.6 Å². The number of hydrogen-bond donors (Lipinski definition) is 0. The molecule has 0 saturated heterocycles. The summed E-state index contributed by atoms with van der Waals surface area (Å²) in [7, 11) is 3.29. The van der Waals surface area contributed by atoms with Crippen molar-refractivity contribution in [2.24, 2.45) is 10.2 Å². The van der Waals surface area contributed by atoms with Gasteiger partial charge in [0.25, 0.3) is 5.91 Å². The van der Waals surface area contributed by atoms with Gasteiger partial charge < -0.3 is 14.4 Å². The SMILES string of the molecule is C=CCOc1ccc(/C=N\N=C2/C(=O)N(C)c3ccccc32)cc1OC. The molecule has 1 aliphatic rings. The average Bonchev–Trinajstić information content (AvgIpc) is 2.92. The minimum absolute atomic E-state index is 0.172. The summed E-state index contributed by atoms with van der Waals surface area (Å²) in [5, 5.41) is 8.21. The van der Waals surface area contributed by atoms with Gasteiger partial charge in [0, 0.05) is 12.6 Å². The third kappa shape index (κ3) is 3.35. The maximum Gasteiger partial charge on any atom is 0.279 e. The van der Waals surface area contributed by atoms with Crippen LogP contribution >= 0.6 is 0 Å². The molecule has 0 aromatic heterocycles. The lowest BCUT2D eigenvalue weighted by molar-refractivity contribution is -0.111. The molecule has 2 aromatic rings. The largest absolute Gasteiger partial charge is 0.493 e. The lowest BCUT2D eigenvalue weighted by Gasteiger charge is -2.09. The summed E-state index contributed by atoms with van der Waals surface area (Å²) in [5.74, 6) is 1.04. The van der Waals surface area contributed by atoms with Crippen molar-refractivity contribution in [3.05, 3.63) is 66.2 Å². The van der Waals surface area contributed by atoms with Crippen molar-refractivity contribution < 1.29 is 14.3 Å². The van der Waals surface area contributed by atoms with E-state index >= 15 is 0 Å². The standard InChI is InChI=1S/C20H19N3O3/c1-4-11-26-17-10-9-14(12-18(17)25-3)13-21-22-19-15-7-5-6-8-16(15)23(2)20(19)24/h4-10,12-13H,1,11H2,2-3H3/b21-13-,22-19-. The van der Waals surface area contributed by atoms with Gasteiger partial charge in [0.1, 0.15) is 6.61 Å². The summed E-state index contributed by atoms with van der Waals surface area (Å²) in [6, 6.07) is 12.9. The fourth-order valence-electron chi connectivity index (χ4n) is 2.63. The van der Waals surface area contributed by atoms with Crippen LogP contribution in [0.1, 0.15) is 11.1 Å². The van der Waals surface area contributed by atoms with E-state index in [9.17, 15) is 4.79 Å². The van der Waals surface area contributed by atoms with Crippen molar-refractivity contribution in [1.29, 1.82) is 0 Å². The topological polar surface area (TPSA) is 63.5 Å². The van der Waals surface area contributed by atoms with Crippen molar-refractivity contribution >= 4 is 23.5 Å². The smallest absolute Gasteiger partial charge is 0.279 e. The molecule has 2 aromatic carbocycles. The summed E-state index contributed by atoms with van der Waals surface area (Å²) in [6.45, 7) is 4.02. The Hall–Kier alpha value is -3.41. The number of hydrogen-bond acceptors (Lipinski definition) is 5. The van der Waals surface area contributed by atoms with Crippen LogP contribution in [0.2, 0.25) is 0 Å². The van der Waals surface area contributed by atoms with Crippen molar-refractivity contribution in [3.63, 3.8) is 0 Å². The van der Waals surface area contributed by atoms with Gasteiger partial charge in [0.15, 0.2) is 17.2 Å². The second-order valence-corrected chi connectivity index (χ2v) is 5.58. The van der Waals surface area contributed by atoms with Crippen molar-refractivity contribution in [1.82, 2.24) is 0 Å². The molecule has 0 radical (unpaired) electrons. The number of anilines is 1. The van der Waals surface area contributed by atoms with E-state index in [1.807, 2.05) is 30.3 Å². The van der Waals surface area contributed by atoms with E-state index in [-0.39, 0.29) is 5.91 Å². The minimum atomic E-state index is -0.172. The number of carbonyl (C=O) groups is 1. The first kappa shape index (κ1) is 17.4. The third-order valence-corrected chi connectivity index (χ3v) is 3.94. The molecule has 0 bridgehead atoms. The molecular weight excluding hydrogens is 330 g/mol. The van der Waals surface area contributed by atoms with Crippen LogP contribution in [0.3, 0.4) is 0 Å². The number of methoxy groups -OCH3 is 1. The molecule has 0 saturated carbocycles. The lowest BCUT2D eigenvalue weighted by atomic mass is 10.1. The Morgan fingerprint density at radius 2 is 2.00 bits per heavy atom. The first-order chi connectivity index (χ1) is 12.7. The summed E-state index contributed by atoms with van der Waals surface area (Å²) >= 11 is 0. The highest BCUT2D eigenvalue weighted by molar-refractivity contribution is 6.54. The molecule has 1 amide bonds. The highest BCUT2D eigenvalue weighted by Gasteiger charge is 2.30. The number of amides is 1. The summed E-state index contributed by atoms with van der Waals surface area (Å²) < 4.78 is 10.8. The molecule has 6 heteroatoms. The fourth-order valence-corrected chi connectivity index (χ4v) is 2.63. The van der Waals surface area contributed by atoms with Crippen molar-refractivity contribution in [2.45, 2.75) is 0 Å². The van der Waals surface area contributed by atoms with Crippen LogP contribution in [0, 0.1) is 0 Å². The van der Waals surface area contributed by atoms with E-state index in [0.29, 0.717) is 23.8 Å². The number of likely N-dealkylation sites (N-methyl/N-ethyl adjacent to an activating group) is 1. The molecule has 0 N–H and O–H groups in total. The molecule has 1 aliphatic heterocycles. The summed E-state index contributed by atoms with van der Waals surface area (Å²) in [5.41, 5.74) is 2.72. The number of carbonyl (C=O) groups excluding carboxylic acids is 1. The van der Waals surface area contributed by atoms with E-state index in [4.69, 9.17) is 9.47 Å². The summed E-state index contributed by atoms with van der Waals surface area (Å²) in [6.07, 6.45) is 3.24. The predicted molar refractivity (Wildman–Crippen MR) is 103 cm³/mol. The van der Waals surface area contributed by atoms with Crippen molar-refractivity contribution in [2.75, 3.05) is 25.7 Å². The van der Waals surface area contributed by atoms with Gasteiger partial charge in [-0.05, 0) is 29.8 Å². The zero-order valence-corrected chi connectivity index (χ0v) is 14.7. The van der Waals surface area contributed by atoms with E-state index in [1.54, 1.807) is 43.5 Å². The van der Waals surface area contributed by atoms with Gasteiger partial charge in [0.05, 0.1) is 19.0 Å². The van der Waals surface area contributed by atoms with Crippen LogP contribution in [0.4, 0.5) is 5.69 Å². The summed E-state index contributed by atoms with van der Waals surface area (Å²) in [4.78, 5) is 13.9. The van der Waals surface area contributed by atoms with Gasteiger partial charge in [-0.15, -0.1) is 5.10 Å². The quantitative estimate of drug-likeness (QED) is 0.457. The van der Waals surface area contributed by atoms with Crippen molar-refractivity contribution in [3.8, 4) is 11.5 Å². The van der Waals surface area contributed by atoms with Crippen LogP contribution in [0.15, 0.2) is 65.3 Å². The highest BCUT2D eigenvalue weighted by Crippen LogP contribution is 2.28. The molecule has 6 nitrogen and oxygen atoms in total. The molecule has 132 valence electrons. The number of fused-ring (bicyclic) bond motifs is 1. The zero-order chi connectivity index (χ0) is 18.5. The number of ether oxygens (including phenoxy) is 2. The monoisotopic (exact) mass is 349 g/mol. The number of rotatable bonds is 6. The maximum absolute atomic E-state index is 12.3. The zero-order valence-electron chi connectivity index (χ0n) is 14.7. The van der Waals surface area contributed by atoms with Crippen LogP contribution in [0.25, 0.3) is 0 Å². The first-order valence-corrected chi connectivity index (χ1v) is 8.06. The lowest BCUT2D eigenvalue weighted by Crippen LogP contribution is -2.25. The van der Waals surface area contributed by atoms with E-state index in [0.717, 1.165) is 16.8 Å². The Morgan fingerprint density at radius 3 is 2.77 bits per heavy atom. The minimum Gasteiger partial charge on any atom is -0.493 e. The number of para-hydroxylation sites is 1. The average molecular weight is 349 g/mol. The molecule has 0 fully saturated rings. The maximum atomic E-state index is 12.3. The van der Waals surface area contributed by atoms with E-state index in [1.165, 1.54) is 0 Å². The molecular formula is C20H19N3O3. The normalized spacial score (nSPS) is 14.8. The van der Waals surface area contributed by atoms with Gasteiger partial charge in [-0.3, -0.25) is 4.79 Å². The molecule has 0 aliphatic carbocycles. The Balaban J connectivity index is 1.83. The Morgan fingerprint density at radius 1 is 1.19 bits per heavy atom. The predicted octanol–water partition coefficient (Wildman–Crippen LogP) is 3.06. The van der Waals surface area contributed by atoms with Gasteiger partial charge >= 0.3 is 0 Å². The van der Waals surface area contributed by atoms with Gasteiger partial charge in [0.2, 0.25) is 0 Å². The van der Waals surface area contributed by atoms with Crippen LogP contribution < -0.4 is 14.4 Å². The van der Waals surface area contributed by atoms with Gasteiger partial charge in [-0.2, -0.15) is 5.10 Å². The fraction of sp³-hybridized carbons (Fsp3) is 0.150. The first-order valence-electron chi connectivity index (χ1n) is 8.06. The van der Waals surface area contributed by atoms with Gasteiger partial charge in [-0.25, -0.2) is 0 Å². The Labute approximate surface area is 152 Å². The number of benzene rings is 2. The molecule has 0 spiro atoms. The van der Waals surface area contributed by atoms with Crippen LogP contribution in [0.5, 0.6) is 11.5 Å². The second-order valence-electron chi connectivity index (χ2n) is 5.58. The highest BCUT2D eigenvalue weighted by atomic mass is 16.5. The van der Waals surface area contributed by atoms with Crippen LogP contribution in [-0.2, 0) is 4.79 Å². The Bertz CT molecular complexity index is 903. The molecule has 0 unspecified atom stereocenters. The molecule has 3 rings (SSSR count).